The molecule has 1 aromatic rings. The molecule has 5 heteroatoms. The first kappa shape index (κ1) is 18.7. The van der Waals surface area contributed by atoms with Gasteiger partial charge in [-0.05, 0) is 76.5 Å². The lowest BCUT2D eigenvalue weighted by atomic mass is 10.0. The van der Waals surface area contributed by atoms with Crippen LogP contribution in [-0.4, -0.2) is 66.8 Å². The molecule has 0 saturated carbocycles. The molecule has 1 aliphatic rings. The lowest BCUT2D eigenvalue weighted by Crippen LogP contribution is -2.45. The summed E-state index contributed by atoms with van der Waals surface area (Å²) in [5, 5.41) is 8.87. The Bertz CT molecular complexity index is 519. The number of carboxylic acid groups (broad SMARTS) is 1. The van der Waals surface area contributed by atoms with E-state index in [1.807, 2.05) is 11.9 Å². The van der Waals surface area contributed by atoms with Crippen molar-refractivity contribution in [1.29, 1.82) is 0 Å². The topological polar surface area (TPSA) is 53.0 Å². The van der Waals surface area contributed by atoms with Crippen molar-refractivity contribution in [2.24, 2.45) is 0 Å². The molecule has 0 aliphatic carbocycles. The summed E-state index contributed by atoms with van der Waals surface area (Å²) in [5.74, 6) is 0.213. The first-order valence-corrected chi connectivity index (χ1v) is 8.79. The zero-order valence-electron chi connectivity index (χ0n) is 15.1. The highest BCUT2D eigenvalue weighted by Gasteiger charge is 2.23. The van der Waals surface area contributed by atoms with Gasteiger partial charge in [0.1, 0.15) is 5.75 Å². The number of benzene rings is 1. The van der Waals surface area contributed by atoms with Crippen LogP contribution in [0, 0.1) is 13.8 Å². The molecule has 0 spiro atoms. The molecule has 0 aromatic heterocycles. The van der Waals surface area contributed by atoms with Crippen LogP contribution in [-0.2, 0) is 4.79 Å². The summed E-state index contributed by atoms with van der Waals surface area (Å²) in [6, 6.07) is 6.70. The molecule has 134 valence electrons. The third-order valence-corrected chi connectivity index (χ3v) is 4.65. The molecule has 1 fully saturated rings. The van der Waals surface area contributed by atoms with Crippen LogP contribution in [0.15, 0.2) is 18.2 Å². The Hall–Kier alpha value is -1.59. The number of aryl methyl sites for hydroxylation is 2. The molecule has 1 aromatic carbocycles. The number of likely N-dealkylation sites (tertiary alicyclic amines) is 1. The van der Waals surface area contributed by atoms with E-state index in [2.05, 4.69) is 36.9 Å². The van der Waals surface area contributed by atoms with Gasteiger partial charge in [-0.3, -0.25) is 9.69 Å². The van der Waals surface area contributed by atoms with Crippen molar-refractivity contribution >= 4 is 5.97 Å². The van der Waals surface area contributed by atoms with Gasteiger partial charge in [0, 0.05) is 12.6 Å². The van der Waals surface area contributed by atoms with Crippen LogP contribution in [0.25, 0.3) is 0 Å². The lowest BCUT2D eigenvalue weighted by Gasteiger charge is -2.36. The molecular weight excluding hydrogens is 304 g/mol. The number of hydrogen-bond acceptors (Lipinski definition) is 4. The number of piperidine rings is 1. The summed E-state index contributed by atoms with van der Waals surface area (Å²) < 4.78 is 5.86. The summed E-state index contributed by atoms with van der Waals surface area (Å²) in [4.78, 5) is 15.2. The van der Waals surface area contributed by atoms with Gasteiger partial charge >= 0.3 is 5.97 Å². The van der Waals surface area contributed by atoms with Crippen molar-refractivity contribution in [2.75, 3.05) is 39.8 Å². The van der Waals surface area contributed by atoms with Crippen molar-refractivity contribution in [1.82, 2.24) is 9.80 Å². The largest absolute Gasteiger partial charge is 0.494 e. The van der Waals surface area contributed by atoms with Crippen molar-refractivity contribution < 1.29 is 14.6 Å². The highest BCUT2D eigenvalue weighted by Crippen LogP contribution is 2.17. The van der Waals surface area contributed by atoms with Gasteiger partial charge in [0.25, 0.3) is 0 Å². The van der Waals surface area contributed by atoms with Crippen LogP contribution in [0.5, 0.6) is 5.75 Å². The summed E-state index contributed by atoms with van der Waals surface area (Å²) in [6.45, 7) is 8.17. The SMILES string of the molecule is Cc1cc(C)cc(OCCCN2CCC(N(C)CC(=O)O)CC2)c1. The number of likely N-dealkylation sites (N-methyl/N-ethyl adjacent to an activating group) is 1. The molecule has 1 saturated heterocycles. The Kier molecular flexibility index (Phi) is 7.06. The van der Waals surface area contributed by atoms with Gasteiger partial charge in [-0.15, -0.1) is 0 Å². The maximum atomic E-state index is 10.8. The zero-order chi connectivity index (χ0) is 17.5. The number of hydrogen-bond donors (Lipinski definition) is 1. The Balaban J connectivity index is 1.63. The van der Waals surface area contributed by atoms with Gasteiger partial charge in [0.15, 0.2) is 0 Å². The van der Waals surface area contributed by atoms with E-state index in [0.717, 1.165) is 51.3 Å². The van der Waals surface area contributed by atoms with Gasteiger partial charge in [0.2, 0.25) is 0 Å². The molecule has 1 N–H and O–H groups in total. The smallest absolute Gasteiger partial charge is 0.317 e. The van der Waals surface area contributed by atoms with Crippen LogP contribution in [0.1, 0.15) is 30.4 Å². The Morgan fingerprint density at radius 3 is 2.46 bits per heavy atom. The maximum Gasteiger partial charge on any atom is 0.317 e. The summed E-state index contributed by atoms with van der Waals surface area (Å²) in [7, 11) is 1.91. The standard InChI is InChI=1S/C19H30N2O3/c1-15-11-16(2)13-18(12-15)24-10-4-7-21-8-5-17(6-9-21)20(3)14-19(22)23/h11-13,17H,4-10,14H2,1-3H3,(H,22,23). The Morgan fingerprint density at radius 2 is 1.88 bits per heavy atom. The van der Waals surface area contributed by atoms with E-state index in [4.69, 9.17) is 9.84 Å². The average molecular weight is 334 g/mol. The molecule has 0 bridgehead atoms. The third-order valence-electron chi connectivity index (χ3n) is 4.65. The maximum absolute atomic E-state index is 10.8. The molecular formula is C19H30N2O3. The lowest BCUT2D eigenvalue weighted by molar-refractivity contribution is -0.138. The minimum Gasteiger partial charge on any atom is -0.494 e. The van der Waals surface area contributed by atoms with Crippen molar-refractivity contribution in [3.05, 3.63) is 29.3 Å². The van der Waals surface area contributed by atoms with Gasteiger partial charge in [-0.1, -0.05) is 6.07 Å². The fraction of sp³-hybridized carbons (Fsp3) is 0.632. The highest BCUT2D eigenvalue weighted by molar-refractivity contribution is 5.69. The van der Waals surface area contributed by atoms with Crippen LogP contribution >= 0.6 is 0 Å². The van der Waals surface area contributed by atoms with E-state index in [9.17, 15) is 4.79 Å². The molecule has 0 amide bonds. The molecule has 24 heavy (non-hydrogen) atoms. The Labute approximate surface area is 145 Å². The van der Waals surface area contributed by atoms with Crippen LogP contribution in [0.4, 0.5) is 0 Å². The minimum absolute atomic E-state index is 0.133. The highest BCUT2D eigenvalue weighted by atomic mass is 16.5. The zero-order valence-corrected chi connectivity index (χ0v) is 15.1. The van der Waals surface area contributed by atoms with E-state index in [-0.39, 0.29) is 6.54 Å². The molecule has 1 heterocycles. The number of nitrogens with zero attached hydrogens (tertiary/aromatic N) is 2. The normalized spacial score (nSPS) is 16.5. The molecule has 2 rings (SSSR count). The number of carboxylic acids is 1. The van der Waals surface area contributed by atoms with Crippen molar-refractivity contribution in [3.8, 4) is 5.75 Å². The Morgan fingerprint density at radius 1 is 1.25 bits per heavy atom. The second kappa shape index (κ2) is 9.04. The number of carbonyl (C=O) groups is 1. The molecule has 0 atom stereocenters. The number of ether oxygens (including phenoxy) is 1. The van der Waals surface area contributed by atoms with Crippen LogP contribution in [0.3, 0.4) is 0 Å². The average Bonchev–Trinajstić information content (AvgIpc) is 2.50. The van der Waals surface area contributed by atoms with E-state index < -0.39 is 5.97 Å². The quantitative estimate of drug-likeness (QED) is 0.741. The summed E-state index contributed by atoms with van der Waals surface area (Å²) in [6.07, 6.45) is 3.10. The van der Waals surface area contributed by atoms with Gasteiger partial charge in [-0.25, -0.2) is 0 Å². The van der Waals surface area contributed by atoms with Crippen LogP contribution in [0.2, 0.25) is 0 Å². The first-order valence-electron chi connectivity index (χ1n) is 8.79. The second-order valence-corrected chi connectivity index (χ2v) is 6.91. The van der Waals surface area contributed by atoms with Crippen molar-refractivity contribution in [3.63, 3.8) is 0 Å². The number of aliphatic carboxylic acids is 1. The monoisotopic (exact) mass is 334 g/mol. The molecule has 1 aliphatic heterocycles. The molecule has 0 unspecified atom stereocenters. The fourth-order valence-electron chi connectivity index (χ4n) is 3.42. The van der Waals surface area contributed by atoms with Crippen LogP contribution < -0.4 is 4.74 Å². The summed E-state index contributed by atoms with van der Waals surface area (Å²) in [5.41, 5.74) is 2.47. The predicted molar refractivity (Wildman–Crippen MR) is 95.8 cm³/mol. The van der Waals surface area contributed by atoms with Crippen molar-refractivity contribution in [2.45, 2.75) is 39.2 Å². The first-order chi connectivity index (χ1) is 11.4. The van der Waals surface area contributed by atoms with E-state index in [1.54, 1.807) is 0 Å². The van der Waals surface area contributed by atoms with Gasteiger partial charge in [0.05, 0.1) is 13.2 Å². The third kappa shape index (κ3) is 6.13. The summed E-state index contributed by atoms with van der Waals surface area (Å²) >= 11 is 0. The van der Waals surface area contributed by atoms with E-state index in [1.165, 1.54) is 11.1 Å². The predicted octanol–water partition coefficient (Wildman–Crippen LogP) is 2.55. The van der Waals surface area contributed by atoms with Gasteiger partial charge in [-0.2, -0.15) is 0 Å². The molecule has 5 nitrogen and oxygen atoms in total. The van der Waals surface area contributed by atoms with E-state index >= 15 is 0 Å². The fourth-order valence-corrected chi connectivity index (χ4v) is 3.42. The number of rotatable bonds is 8. The van der Waals surface area contributed by atoms with E-state index in [0.29, 0.717) is 6.04 Å². The van der Waals surface area contributed by atoms with Gasteiger partial charge < -0.3 is 14.7 Å². The second-order valence-electron chi connectivity index (χ2n) is 6.91. The molecule has 0 radical (unpaired) electrons. The minimum atomic E-state index is -0.747.